The molecule has 17 heavy (non-hydrogen) atoms. The second-order valence-corrected chi connectivity index (χ2v) is 6.76. The first-order valence-corrected chi connectivity index (χ1v) is 7.30. The predicted molar refractivity (Wildman–Crippen MR) is 70.3 cm³/mol. The first kappa shape index (κ1) is 12.9. The molecule has 0 aromatic carbocycles. The van der Waals surface area contributed by atoms with Crippen molar-refractivity contribution in [2.45, 2.75) is 39.2 Å². The second-order valence-electron chi connectivity index (χ2n) is 5.53. The van der Waals surface area contributed by atoms with Crippen molar-refractivity contribution in [1.29, 1.82) is 0 Å². The van der Waals surface area contributed by atoms with Gasteiger partial charge in [0, 0.05) is 30.0 Å². The molecule has 0 unspecified atom stereocenters. The van der Waals surface area contributed by atoms with Crippen LogP contribution in [0.4, 0.5) is 0 Å². The van der Waals surface area contributed by atoms with Crippen molar-refractivity contribution in [3.05, 3.63) is 11.7 Å². The van der Waals surface area contributed by atoms with Crippen LogP contribution in [0.5, 0.6) is 0 Å². The summed E-state index contributed by atoms with van der Waals surface area (Å²) >= 11 is 2.01. The van der Waals surface area contributed by atoms with Gasteiger partial charge in [-0.1, -0.05) is 25.9 Å². The van der Waals surface area contributed by atoms with E-state index in [1.807, 2.05) is 11.8 Å². The summed E-state index contributed by atoms with van der Waals surface area (Å²) in [5, 5.41) is 4.09. The fraction of sp³-hybridized carbons (Fsp3) is 0.833. The number of aromatic nitrogens is 2. The monoisotopic (exact) mass is 255 g/mol. The summed E-state index contributed by atoms with van der Waals surface area (Å²) in [7, 11) is 0. The van der Waals surface area contributed by atoms with Crippen molar-refractivity contribution >= 4 is 11.8 Å². The van der Waals surface area contributed by atoms with E-state index in [-0.39, 0.29) is 11.5 Å². The minimum Gasteiger partial charge on any atom is -0.338 e. The summed E-state index contributed by atoms with van der Waals surface area (Å²) in [6, 6.07) is 0.236. The molecule has 1 atom stereocenters. The Morgan fingerprint density at radius 2 is 1.94 bits per heavy atom. The third-order valence-electron chi connectivity index (χ3n) is 3.06. The van der Waals surface area contributed by atoms with E-state index in [4.69, 9.17) is 4.52 Å². The van der Waals surface area contributed by atoms with Crippen molar-refractivity contribution in [3.63, 3.8) is 0 Å². The SMILES string of the molecule is C[C@H](c1nc(C(C)(C)C)no1)N1CCSCC1. The zero-order chi connectivity index (χ0) is 12.5. The highest BCUT2D eigenvalue weighted by Crippen LogP contribution is 2.25. The van der Waals surface area contributed by atoms with Crippen LogP contribution in [0.15, 0.2) is 4.52 Å². The maximum atomic E-state index is 5.40. The van der Waals surface area contributed by atoms with Gasteiger partial charge < -0.3 is 4.52 Å². The molecular weight excluding hydrogens is 234 g/mol. The quantitative estimate of drug-likeness (QED) is 0.812. The molecule has 2 rings (SSSR count). The minimum atomic E-state index is -0.0424. The molecule has 1 fully saturated rings. The lowest BCUT2D eigenvalue weighted by atomic mass is 9.96. The third kappa shape index (κ3) is 3.01. The van der Waals surface area contributed by atoms with Gasteiger partial charge in [0.15, 0.2) is 5.82 Å². The molecule has 96 valence electrons. The first-order valence-electron chi connectivity index (χ1n) is 6.14. The van der Waals surface area contributed by atoms with Gasteiger partial charge in [-0.3, -0.25) is 4.90 Å². The van der Waals surface area contributed by atoms with Gasteiger partial charge in [0.1, 0.15) is 0 Å². The van der Waals surface area contributed by atoms with Gasteiger partial charge in [0.25, 0.3) is 0 Å². The lowest BCUT2D eigenvalue weighted by Gasteiger charge is -2.29. The van der Waals surface area contributed by atoms with E-state index >= 15 is 0 Å². The van der Waals surface area contributed by atoms with Crippen LogP contribution in [0.25, 0.3) is 0 Å². The molecule has 1 aromatic heterocycles. The Morgan fingerprint density at radius 1 is 1.29 bits per heavy atom. The zero-order valence-electron chi connectivity index (χ0n) is 11.1. The van der Waals surface area contributed by atoms with Gasteiger partial charge in [0.05, 0.1) is 6.04 Å². The normalized spacial score (nSPS) is 20.5. The predicted octanol–water partition coefficient (Wildman–Crippen LogP) is 2.48. The van der Waals surface area contributed by atoms with Gasteiger partial charge in [-0.15, -0.1) is 0 Å². The molecule has 0 amide bonds. The van der Waals surface area contributed by atoms with E-state index in [1.165, 1.54) is 11.5 Å². The third-order valence-corrected chi connectivity index (χ3v) is 4.01. The molecule has 0 aliphatic carbocycles. The summed E-state index contributed by atoms with van der Waals surface area (Å²) in [5.41, 5.74) is -0.0424. The van der Waals surface area contributed by atoms with E-state index in [0.29, 0.717) is 0 Å². The molecule has 2 heterocycles. The van der Waals surface area contributed by atoms with Crippen molar-refractivity contribution in [1.82, 2.24) is 15.0 Å². The van der Waals surface area contributed by atoms with E-state index in [1.54, 1.807) is 0 Å². The minimum absolute atomic E-state index is 0.0424. The Hall–Kier alpha value is -0.550. The summed E-state index contributed by atoms with van der Waals surface area (Å²) in [6.45, 7) is 10.7. The lowest BCUT2D eigenvalue weighted by Crippen LogP contribution is -2.35. The van der Waals surface area contributed by atoms with Crippen LogP contribution in [-0.4, -0.2) is 39.6 Å². The van der Waals surface area contributed by atoms with E-state index in [0.717, 1.165) is 24.8 Å². The van der Waals surface area contributed by atoms with E-state index < -0.39 is 0 Å². The fourth-order valence-electron chi connectivity index (χ4n) is 1.83. The van der Waals surface area contributed by atoms with Crippen molar-refractivity contribution < 1.29 is 4.52 Å². The topological polar surface area (TPSA) is 42.2 Å². The molecule has 0 saturated carbocycles. The van der Waals surface area contributed by atoms with E-state index in [9.17, 15) is 0 Å². The Balaban J connectivity index is 2.08. The zero-order valence-corrected chi connectivity index (χ0v) is 11.9. The summed E-state index contributed by atoms with van der Waals surface area (Å²) in [4.78, 5) is 6.94. The van der Waals surface area contributed by atoms with Crippen LogP contribution in [0, 0.1) is 0 Å². The largest absolute Gasteiger partial charge is 0.338 e. The standard InChI is InChI=1S/C12H21N3OS/c1-9(15-5-7-17-8-6-15)10-13-11(14-16-10)12(2,3)4/h9H,5-8H2,1-4H3/t9-/m1/s1. The van der Waals surface area contributed by atoms with Crippen LogP contribution in [-0.2, 0) is 5.41 Å². The molecule has 1 saturated heterocycles. The summed E-state index contributed by atoms with van der Waals surface area (Å²) in [6.07, 6.45) is 0. The second kappa shape index (κ2) is 4.98. The molecule has 5 heteroatoms. The van der Waals surface area contributed by atoms with Crippen LogP contribution < -0.4 is 0 Å². The number of thioether (sulfide) groups is 1. The molecule has 0 N–H and O–H groups in total. The Kier molecular flexibility index (Phi) is 3.78. The van der Waals surface area contributed by atoms with Gasteiger partial charge in [-0.2, -0.15) is 16.7 Å². The number of rotatable bonds is 2. The summed E-state index contributed by atoms with van der Waals surface area (Å²) < 4.78 is 5.40. The van der Waals surface area contributed by atoms with Gasteiger partial charge >= 0.3 is 0 Å². The van der Waals surface area contributed by atoms with Crippen LogP contribution >= 0.6 is 11.8 Å². The average Bonchev–Trinajstić information content (AvgIpc) is 2.78. The van der Waals surface area contributed by atoms with Gasteiger partial charge in [-0.05, 0) is 6.92 Å². The molecule has 1 aliphatic rings. The smallest absolute Gasteiger partial charge is 0.243 e. The first-order chi connectivity index (χ1) is 7.98. The molecule has 1 aliphatic heterocycles. The van der Waals surface area contributed by atoms with Gasteiger partial charge in [0.2, 0.25) is 5.89 Å². The highest BCUT2D eigenvalue weighted by Gasteiger charge is 2.26. The van der Waals surface area contributed by atoms with Crippen LogP contribution in [0.1, 0.15) is 45.5 Å². The highest BCUT2D eigenvalue weighted by atomic mass is 32.2. The lowest BCUT2D eigenvalue weighted by molar-refractivity contribution is 0.189. The van der Waals surface area contributed by atoms with Gasteiger partial charge in [-0.25, -0.2) is 0 Å². The van der Waals surface area contributed by atoms with E-state index in [2.05, 4.69) is 42.7 Å². The molecule has 0 spiro atoms. The molecule has 0 bridgehead atoms. The van der Waals surface area contributed by atoms with Crippen molar-refractivity contribution in [3.8, 4) is 0 Å². The Bertz CT molecular complexity index is 366. The fourth-order valence-corrected chi connectivity index (χ4v) is 2.76. The number of hydrogen-bond acceptors (Lipinski definition) is 5. The molecular formula is C12H21N3OS. The maximum Gasteiger partial charge on any atom is 0.243 e. The van der Waals surface area contributed by atoms with Crippen molar-refractivity contribution in [2.24, 2.45) is 0 Å². The average molecular weight is 255 g/mol. The molecule has 0 radical (unpaired) electrons. The Labute approximate surface area is 107 Å². The number of hydrogen-bond donors (Lipinski definition) is 0. The molecule has 1 aromatic rings. The molecule has 4 nitrogen and oxygen atoms in total. The highest BCUT2D eigenvalue weighted by molar-refractivity contribution is 7.99. The van der Waals surface area contributed by atoms with Crippen LogP contribution in [0.2, 0.25) is 0 Å². The van der Waals surface area contributed by atoms with Crippen LogP contribution in [0.3, 0.4) is 0 Å². The van der Waals surface area contributed by atoms with Crippen molar-refractivity contribution in [2.75, 3.05) is 24.6 Å². The Morgan fingerprint density at radius 3 is 2.47 bits per heavy atom. The maximum absolute atomic E-state index is 5.40. The number of nitrogens with zero attached hydrogens (tertiary/aromatic N) is 3. The summed E-state index contributed by atoms with van der Waals surface area (Å²) in [5.74, 6) is 3.95.